The van der Waals surface area contributed by atoms with Crippen molar-refractivity contribution in [2.45, 2.75) is 44.9 Å². The van der Waals surface area contributed by atoms with E-state index >= 15 is 0 Å². The van der Waals surface area contributed by atoms with Crippen LogP contribution in [0.3, 0.4) is 0 Å². The lowest BCUT2D eigenvalue weighted by Crippen LogP contribution is -2.48. The Morgan fingerprint density at radius 1 is 1.26 bits per heavy atom. The maximum absolute atomic E-state index is 12.8. The van der Waals surface area contributed by atoms with Crippen LogP contribution >= 0.6 is 0 Å². The number of nitrogens with two attached hydrogens (primary N) is 1. The summed E-state index contributed by atoms with van der Waals surface area (Å²) in [6.45, 7) is 12.0. The third kappa shape index (κ3) is 3.82. The van der Waals surface area contributed by atoms with Gasteiger partial charge in [0.25, 0.3) is 0 Å². The van der Waals surface area contributed by atoms with Crippen molar-refractivity contribution in [3.63, 3.8) is 0 Å². The summed E-state index contributed by atoms with van der Waals surface area (Å²) >= 11 is 0. The summed E-state index contributed by atoms with van der Waals surface area (Å²) in [7, 11) is 0. The maximum Gasteiger partial charge on any atom is 0.232 e. The Balaban J connectivity index is 3.66. The van der Waals surface area contributed by atoms with E-state index in [1.165, 1.54) is 0 Å². The molecule has 124 valence electrons. The molecule has 0 bridgehead atoms. The molecular formula is C21H29NO. The van der Waals surface area contributed by atoms with E-state index in [2.05, 4.69) is 27.0 Å². The molecule has 0 heterocycles. The van der Waals surface area contributed by atoms with Crippen LogP contribution in [0.1, 0.15) is 45.1 Å². The van der Waals surface area contributed by atoms with Crippen molar-refractivity contribution in [3.05, 3.63) is 72.9 Å². The van der Waals surface area contributed by atoms with E-state index in [9.17, 15) is 4.79 Å². The standard InChI is InChI=1S/C21H29NO/c1-5-9-14-18(8-4)21(20(22)23,17(7-3)13-6-2)19-15-11-10-12-16-19/h6-7,10-13,15-16,18H,2-3,5,8-9,14H2,1,4H3,(H2,22,23)/b17-13+. The maximum atomic E-state index is 12.8. The third-order valence-electron chi connectivity index (χ3n) is 4.60. The van der Waals surface area contributed by atoms with Gasteiger partial charge < -0.3 is 5.73 Å². The van der Waals surface area contributed by atoms with Gasteiger partial charge in [-0.25, -0.2) is 0 Å². The molecule has 0 radical (unpaired) electrons. The Bertz CT molecular complexity index is 558. The molecular weight excluding hydrogens is 282 g/mol. The van der Waals surface area contributed by atoms with Gasteiger partial charge in [0.2, 0.25) is 5.91 Å². The average molecular weight is 311 g/mol. The lowest BCUT2D eigenvalue weighted by molar-refractivity contribution is -0.124. The summed E-state index contributed by atoms with van der Waals surface area (Å²) in [6, 6.07) is 9.83. The zero-order chi connectivity index (χ0) is 17.3. The van der Waals surface area contributed by atoms with Crippen LogP contribution in [-0.2, 0) is 10.2 Å². The molecule has 0 aromatic heterocycles. The summed E-state index contributed by atoms with van der Waals surface area (Å²) in [6.07, 6.45) is 9.29. The van der Waals surface area contributed by atoms with Crippen molar-refractivity contribution in [1.29, 1.82) is 0 Å². The highest BCUT2D eigenvalue weighted by atomic mass is 16.1. The molecule has 2 heteroatoms. The summed E-state index contributed by atoms with van der Waals surface area (Å²) in [5, 5.41) is 0. The zero-order valence-electron chi connectivity index (χ0n) is 14.4. The molecule has 0 aliphatic carbocycles. The number of carbonyl (C=O) groups is 1. The minimum absolute atomic E-state index is 0.131. The number of allylic oxidation sites excluding steroid dienone is 3. The Labute approximate surface area is 140 Å². The van der Waals surface area contributed by atoms with Crippen LogP contribution in [0.25, 0.3) is 0 Å². The molecule has 0 saturated carbocycles. The van der Waals surface area contributed by atoms with Crippen LogP contribution in [0.2, 0.25) is 0 Å². The van der Waals surface area contributed by atoms with Crippen LogP contribution in [0.15, 0.2) is 67.3 Å². The number of carbonyl (C=O) groups excluding carboxylic acids is 1. The van der Waals surface area contributed by atoms with Crippen LogP contribution in [0, 0.1) is 5.92 Å². The smallest absolute Gasteiger partial charge is 0.232 e. The fourth-order valence-corrected chi connectivity index (χ4v) is 3.49. The van der Waals surface area contributed by atoms with Gasteiger partial charge in [0.1, 0.15) is 5.41 Å². The molecule has 1 amide bonds. The number of hydrogen-bond acceptors (Lipinski definition) is 1. The second-order valence-electron chi connectivity index (χ2n) is 5.85. The van der Waals surface area contributed by atoms with Crippen molar-refractivity contribution in [1.82, 2.24) is 0 Å². The molecule has 0 spiro atoms. The predicted octanol–water partition coefficient (Wildman–Crippen LogP) is 4.92. The summed E-state index contributed by atoms with van der Waals surface area (Å²) < 4.78 is 0. The molecule has 2 N–H and O–H groups in total. The predicted molar refractivity (Wildman–Crippen MR) is 99.1 cm³/mol. The van der Waals surface area contributed by atoms with Gasteiger partial charge in [-0.15, -0.1) is 0 Å². The highest BCUT2D eigenvalue weighted by molar-refractivity contribution is 5.92. The van der Waals surface area contributed by atoms with Crippen LogP contribution in [0.5, 0.6) is 0 Å². The molecule has 2 atom stereocenters. The van der Waals surface area contributed by atoms with E-state index < -0.39 is 5.41 Å². The Morgan fingerprint density at radius 3 is 2.35 bits per heavy atom. The Kier molecular flexibility index (Phi) is 7.53. The largest absolute Gasteiger partial charge is 0.369 e. The highest BCUT2D eigenvalue weighted by Crippen LogP contribution is 2.44. The molecule has 1 aromatic rings. The summed E-state index contributed by atoms with van der Waals surface area (Å²) in [4.78, 5) is 12.8. The topological polar surface area (TPSA) is 43.1 Å². The van der Waals surface area contributed by atoms with Gasteiger partial charge in [-0.05, 0) is 23.5 Å². The lowest BCUT2D eigenvalue weighted by Gasteiger charge is -2.40. The van der Waals surface area contributed by atoms with E-state index in [0.717, 1.165) is 36.8 Å². The summed E-state index contributed by atoms with van der Waals surface area (Å²) in [5.41, 5.74) is 6.90. The van der Waals surface area contributed by atoms with Gasteiger partial charge >= 0.3 is 0 Å². The van der Waals surface area contributed by atoms with Crippen molar-refractivity contribution in [3.8, 4) is 0 Å². The number of rotatable bonds is 10. The number of hydrogen-bond donors (Lipinski definition) is 1. The zero-order valence-corrected chi connectivity index (χ0v) is 14.4. The third-order valence-corrected chi connectivity index (χ3v) is 4.60. The first kappa shape index (κ1) is 19.0. The quantitative estimate of drug-likeness (QED) is 0.612. The first-order valence-corrected chi connectivity index (χ1v) is 8.40. The van der Waals surface area contributed by atoms with Gasteiger partial charge in [0, 0.05) is 0 Å². The van der Waals surface area contributed by atoms with Crippen molar-refractivity contribution >= 4 is 5.91 Å². The number of amides is 1. The van der Waals surface area contributed by atoms with Crippen molar-refractivity contribution in [2.75, 3.05) is 0 Å². The van der Waals surface area contributed by atoms with Crippen LogP contribution in [-0.4, -0.2) is 5.91 Å². The van der Waals surface area contributed by atoms with Crippen molar-refractivity contribution < 1.29 is 4.79 Å². The van der Waals surface area contributed by atoms with Gasteiger partial charge in [-0.2, -0.15) is 0 Å². The van der Waals surface area contributed by atoms with Gasteiger partial charge in [0.15, 0.2) is 0 Å². The highest BCUT2D eigenvalue weighted by Gasteiger charge is 2.46. The molecule has 0 aliphatic rings. The summed E-state index contributed by atoms with van der Waals surface area (Å²) in [5.74, 6) is -0.189. The minimum Gasteiger partial charge on any atom is -0.369 e. The monoisotopic (exact) mass is 311 g/mol. The first-order valence-electron chi connectivity index (χ1n) is 8.40. The molecule has 0 fully saturated rings. The minimum atomic E-state index is -0.860. The fourth-order valence-electron chi connectivity index (χ4n) is 3.49. The first-order chi connectivity index (χ1) is 11.1. The Morgan fingerprint density at radius 2 is 1.91 bits per heavy atom. The number of benzene rings is 1. The molecule has 1 rings (SSSR count). The molecule has 1 aromatic carbocycles. The SMILES string of the molecule is C=C/C=C(\C=C)C(C(N)=O)(c1ccccc1)C(CC)CCCC. The second-order valence-corrected chi connectivity index (χ2v) is 5.85. The average Bonchev–Trinajstić information content (AvgIpc) is 2.57. The van der Waals surface area contributed by atoms with E-state index in [4.69, 9.17) is 5.73 Å². The molecule has 2 unspecified atom stereocenters. The van der Waals surface area contributed by atoms with E-state index in [1.54, 1.807) is 12.2 Å². The van der Waals surface area contributed by atoms with E-state index in [1.807, 2.05) is 36.4 Å². The van der Waals surface area contributed by atoms with E-state index in [0.29, 0.717) is 0 Å². The second kappa shape index (κ2) is 9.14. The Hall–Kier alpha value is -2.09. The number of primary amides is 1. The molecule has 2 nitrogen and oxygen atoms in total. The van der Waals surface area contributed by atoms with Gasteiger partial charge in [-0.1, -0.05) is 94.8 Å². The molecule has 0 aliphatic heterocycles. The molecule has 23 heavy (non-hydrogen) atoms. The lowest BCUT2D eigenvalue weighted by atomic mass is 9.62. The normalized spacial score (nSPS) is 15.5. The fraction of sp³-hybridized carbons (Fsp3) is 0.381. The van der Waals surface area contributed by atoms with E-state index in [-0.39, 0.29) is 11.8 Å². The van der Waals surface area contributed by atoms with Gasteiger partial charge in [0.05, 0.1) is 0 Å². The van der Waals surface area contributed by atoms with Crippen molar-refractivity contribution in [2.24, 2.45) is 11.7 Å². The number of unbranched alkanes of at least 4 members (excludes halogenated alkanes) is 1. The van der Waals surface area contributed by atoms with Crippen LogP contribution < -0.4 is 5.73 Å². The van der Waals surface area contributed by atoms with Gasteiger partial charge in [-0.3, -0.25) is 4.79 Å². The molecule has 0 saturated heterocycles. The van der Waals surface area contributed by atoms with Crippen LogP contribution in [0.4, 0.5) is 0 Å².